The van der Waals surface area contributed by atoms with Crippen LogP contribution in [0.5, 0.6) is 0 Å². The van der Waals surface area contributed by atoms with Gasteiger partial charge < -0.3 is 14.4 Å². The molecule has 1 N–H and O–H groups in total. The van der Waals surface area contributed by atoms with Crippen LogP contribution in [0.3, 0.4) is 0 Å². The topological polar surface area (TPSA) is 72.8 Å². The number of rotatable bonds is 2. The smallest absolute Gasteiger partial charge is 0.399 e. The van der Waals surface area contributed by atoms with Crippen molar-refractivity contribution in [2.45, 2.75) is 87.1 Å². The lowest BCUT2D eigenvalue weighted by molar-refractivity contribution is 0.00502. The quantitative estimate of drug-likeness (QED) is 0.782. The lowest BCUT2D eigenvalue weighted by Gasteiger charge is -2.44. The second-order valence-electron chi connectivity index (χ2n) is 9.41. The van der Waals surface area contributed by atoms with E-state index in [-0.39, 0.29) is 0 Å². The molecule has 2 bridgehead atoms. The number of hydrogen-bond acceptors (Lipinski definition) is 5. The fraction of sp³-hybridized carbons (Fsp3) is 0.700. The molecule has 2 unspecified atom stereocenters. The summed E-state index contributed by atoms with van der Waals surface area (Å²) in [5, 5.41) is 10.4. The summed E-state index contributed by atoms with van der Waals surface area (Å²) >= 11 is 0. The van der Waals surface area contributed by atoms with Crippen molar-refractivity contribution in [1.29, 1.82) is 0 Å². The minimum Gasteiger partial charge on any atom is -0.399 e. The van der Waals surface area contributed by atoms with Crippen molar-refractivity contribution in [2.75, 3.05) is 0 Å². The van der Waals surface area contributed by atoms with Crippen molar-refractivity contribution >= 4 is 22.4 Å². The first-order valence-electron chi connectivity index (χ1n) is 9.86. The highest BCUT2D eigenvalue weighted by atomic mass is 32.2. The monoisotopic (exact) mass is 392 g/mol. The third kappa shape index (κ3) is 3.07. The third-order valence-corrected chi connectivity index (χ3v) is 9.75. The summed E-state index contributed by atoms with van der Waals surface area (Å²) in [6.07, 6.45) is 2.84. The molecule has 3 fully saturated rings. The molecule has 3 aliphatic rings. The van der Waals surface area contributed by atoms with Gasteiger partial charge >= 0.3 is 7.12 Å². The summed E-state index contributed by atoms with van der Waals surface area (Å²) < 4.78 is 37.2. The van der Waals surface area contributed by atoms with Crippen LogP contribution in [0.4, 0.5) is 0 Å². The van der Waals surface area contributed by atoms with E-state index in [1.807, 2.05) is 52.0 Å². The first-order valence-corrected chi connectivity index (χ1v) is 11.5. The van der Waals surface area contributed by atoms with Gasteiger partial charge in [-0.2, -0.15) is 0 Å². The van der Waals surface area contributed by atoms with Gasteiger partial charge in [0, 0.05) is 0 Å². The Balaban J connectivity index is 1.57. The van der Waals surface area contributed by atoms with Crippen molar-refractivity contribution in [3.63, 3.8) is 0 Å². The summed E-state index contributed by atoms with van der Waals surface area (Å²) in [7, 11) is -3.53. The SMILES string of the molecule is CC1(C)OB(c2ccc(C3(O)CC4CCCC(C3)S4(=O)=O)cc2)OC1(C)C. The van der Waals surface area contributed by atoms with Crippen molar-refractivity contribution in [3.05, 3.63) is 29.8 Å². The Morgan fingerprint density at radius 2 is 1.44 bits per heavy atom. The Morgan fingerprint density at radius 1 is 0.963 bits per heavy atom. The number of benzene rings is 1. The average molecular weight is 392 g/mol. The minimum atomic E-state index is -3.09. The number of fused-ring (bicyclic) bond motifs is 2. The Labute approximate surface area is 162 Å². The lowest BCUT2D eigenvalue weighted by atomic mass is 9.76. The Bertz CT molecular complexity index is 794. The first-order chi connectivity index (χ1) is 12.4. The van der Waals surface area contributed by atoms with Crippen LogP contribution in [0.2, 0.25) is 0 Å². The van der Waals surface area contributed by atoms with Crippen LogP contribution < -0.4 is 5.46 Å². The zero-order valence-electron chi connectivity index (χ0n) is 16.6. The molecule has 1 aromatic rings. The van der Waals surface area contributed by atoms with Gasteiger partial charge in [-0.25, -0.2) is 8.42 Å². The lowest BCUT2D eigenvalue weighted by Crippen LogP contribution is -2.50. The van der Waals surface area contributed by atoms with Gasteiger partial charge in [0.2, 0.25) is 0 Å². The van der Waals surface area contributed by atoms with E-state index in [0.29, 0.717) is 25.7 Å². The third-order valence-electron chi connectivity index (χ3n) is 7.09. The molecular weight excluding hydrogens is 363 g/mol. The highest BCUT2D eigenvalue weighted by Gasteiger charge is 2.53. The molecule has 3 saturated heterocycles. The highest BCUT2D eigenvalue weighted by molar-refractivity contribution is 7.92. The first kappa shape index (κ1) is 19.4. The molecule has 148 valence electrons. The fourth-order valence-corrected chi connectivity index (χ4v) is 7.16. The van der Waals surface area contributed by atoms with Crippen LogP contribution in [0, 0.1) is 0 Å². The summed E-state index contributed by atoms with van der Waals surface area (Å²) in [5.41, 5.74) is -0.178. The minimum absolute atomic E-state index is 0.293. The Kier molecular flexibility index (Phi) is 4.36. The van der Waals surface area contributed by atoms with Gasteiger partial charge in [0.05, 0.1) is 27.3 Å². The standard InChI is InChI=1S/C20H29BO5S/c1-18(2)19(3,4)26-21(25-18)15-10-8-14(9-11-15)20(22)12-16-6-5-7-17(13-20)27(16,23)24/h8-11,16-17,22H,5-7,12-13H2,1-4H3. The predicted octanol–water partition coefficient (Wildman–Crippen LogP) is 2.30. The maximum Gasteiger partial charge on any atom is 0.494 e. The van der Waals surface area contributed by atoms with E-state index in [2.05, 4.69) is 0 Å². The molecule has 1 aromatic carbocycles. The predicted molar refractivity (Wildman–Crippen MR) is 106 cm³/mol. The van der Waals surface area contributed by atoms with Crippen molar-refractivity contribution < 1.29 is 22.8 Å². The van der Waals surface area contributed by atoms with Gasteiger partial charge in [-0.3, -0.25) is 0 Å². The molecule has 0 spiro atoms. The van der Waals surface area contributed by atoms with Crippen LogP contribution in [0.25, 0.3) is 0 Å². The molecular formula is C20H29BO5S. The number of hydrogen-bond donors (Lipinski definition) is 1. The molecule has 0 aromatic heterocycles. The van der Waals surface area contributed by atoms with Crippen molar-refractivity contribution in [1.82, 2.24) is 0 Å². The van der Waals surface area contributed by atoms with Gasteiger partial charge in [-0.1, -0.05) is 30.7 Å². The van der Waals surface area contributed by atoms with E-state index in [0.717, 1.165) is 17.4 Å². The van der Waals surface area contributed by atoms with E-state index < -0.39 is 44.3 Å². The van der Waals surface area contributed by atoms with E-state index in [1.165, 1.54) is 0 Å². The Morgan fingerprint density at radius 3 is 1.93 bits per heavy atom. The van der Waals surface area contributed by atoms with Gasteiger partial charge in [0.25, 0.3) is 0 Å². The normalized spacial score (nSPS) is 36.6. The van der Waals surface area contributed by atoms with Crippen molar-refractivity contribution in [2.24, 2.45) is 0 Å². The average Bonchev–Trinajstić information content (AvgIpc) is 2.77. The molecule has 0 saturated carbocycles. The molecule has 5 nitrogen and oxygen atoms in total. The van der Waals surface area contributed by atoms with E-state index in [1.54, 1.807) is 0 Å². The van der Waals surface area contributed by atoms with Crippen LogP contribution >= 0.6 is 0 Å². The van der Waals surface area contributed by atoms with Gasteiger partial charge in [-0.15, -0.1) is 0 Å². The molecule has 3 heterocycles. The van der Waals surface area contributed by atoms with E-state index in [9.17, 15) is 13.5 Å². The molecule has 7 heteroatoms. The summed E-state index contributed by atoms with van der Waals surface area (Å²) in [4.78, 5) is 0. The maximum atomic E-state index is 12.5. The highest BCUT2D eigenvalue weighted by Crippen LogP contribution is 2.46. The van der Waals surface area contributed by atoms with Crippen LogP contribution in [0.15, 0.2) is 24.3 Å². The molecule has 2 atom stereocenters. The number of sulfone groups is 1. The fourth-order valence-electron chi connectivity index (χ4n) is 4.61. The second-order valence-corrected chi connectivity index (χ2v) is 11.9. The van der Waals surface area contributed by atoms with Gasteiger partial charge in [0.15, 0.2) is 9.84 Å². The second kappa shape index (κ2) is 6.05. The van der Waals surface area contributed by atoms with Gasteiger partial charge in [-0.05, 0) is 64.4 Å². The van der Waals surface area contributed by atoms with Crippen LogP contribution in [0.1, 0.15) is 65.4 Å². The van der Waals surface area contributed by atoms with E-state index in [4.69, 9.17) is 9.31 Å². The molecule has 0 amide bonds. The van der Waals surface area contributed by atoms with Crippen LogP contribution in [-0.2, 0) is 24.7 Å². The zero-order valence-corrected chi connectivity index (χ0v) is 17.4. The maximum absolute atomic E-state index is 12.5. The molecule has 27 heavy (non-hydrogen) atoms. The van der Waals surface area contributed by atoms with Crippen molar-refractivity contribution in [3.8, 4) is 0 Å². The molecule has 4 rings (SSSR count). The zero-order chi connectivity index (χ0) is 19.7. The summed E-state index contributed by atoms with van der Waals surface area (Å²) in [6, 6.07) is 7.64. The van der Waals surface area contributed by atoms with E-state index >= 15 is 0 Å². The van der Waals surface area contributed by atoms with Crippen LogP contribution in [-0.4, -0.2) is 42.3 Å². The Hall–Kier alpha value is -0.885. The summed E-state index contributed by atoms with van der Waals surface area (Å²) in [5.74, 6) is 0. The number of aliphatic hydroxyl groups is 1. The van der Waals surface area contributed by atoms with Gasteiger partial charge in [0.1, 0.15) is 0 Å². The molecule has 3 aliphatic heterocycles. The molecule has 0 radical (unpaired) electrons. The summed E-state index contributed by atoms with van der Waals surface area (Å²) in [6.45, 7) is 8.08. The molecule has 0 aliphatic carbocycles. The largest absolute Gasteiger partial charge is 0.494 e.